The van der Waals surface area contributed by atoms with Crippen LogP contribution in [0.3, 0.4) is 0 Å². The fraction of sp³-hybridized carbons (Fsp3) is 0.625. The van der Waals surface area contributed by atoms with E-state index in [0.717, 1.165) is 11.1 Å². The zero-order chi connectivity index (χ0) is 14.3. The van der Waals surface area contributed by atoms with Gasteiger partial charge in [-0.1, -0.05) is 24.3 Å². The Morgan fingerprint density at radius 2 is 1.42 bits per heavy atom. The Morgan fingerprint density at radius 3 is 1.84 bits per heavy atom. The minimum Gasteiger partial charge on any atom is -0.371 e. The van der Waals surface area contributed by atoms with Crippen molar-refractivity contribution in [2.75, 3.05) is 19.8 Å². The van der Waals surface area contributed by atoms with Crippen LogP contribution in [0.5, 0.6) is 0 Å². The summed E-state index contributed by atoms with van der Waals surface area (Å²) in [6.45, 7) is 12.1. The van der Waals surface area contributed by atoms with Crippen LogP contribution in [0.15, 0.2) is 24.3 Å². The van der Waals surface area contributed by atoms with Crippen LogP contribution in [-0.4, -0.2) is 19.8 Å². The Balaban J connectivity index is 2.84. The molecular weight excluding hydrogens is 240 g/mol. The molecule has 0 aliphatic heterocycles. The highest BCUT2D eigenvalue weighted by molar-refractivity contribution is 5.27. The number of hydrogen-bond donors (Lipinski definition) is 0. The van der Waals surface area contributed by atoms with Gasteiger partial charge >= 0.3 is 0 Å². The van der Waals surface area contributed by atoms with Crippen molar-refractivity contribution >= 4 is 0 Å². The maximum atomic E-state index is 5.75. The molecule has 1 aromatic carbocycles. The molecule has 0 aliphatic rings. The van der Waals surface area contributed by atoms with Gasteiger partial charge in [-0.2, -0.15) is 0 Å². The summed E-state index contributed by atoms with van der Waals surface area (Å²) in [6.07, 6.45) is -0.278. The summed E-state index contributed by atoms with van der Waals surface area (Å²) >= 11 is 0. The third-order valence-corrected chi connectivity index (χ3v) is 3.02. The highest BCUT2D eigenvalue weighted by Crippen LogP contribution is 2.27. The molecule has 0 spiro atoms. The monoisotopic (exact) mass is 266 g/mol. The van der Waals surface area contributed by atoms with Crippen molar-refractivity contribution in [1.82, 2.24) is 0 Å². The molecule has 0 saturated heterocycles. The zero-order valence-electron chi connectivity index (χ0n) is 12.7. The molecule has 19 heavy (non-hydrogen) atoms. The molecule has 0 aromatic heterocycles. The molecule has 0 radical (unpaired) electrons. The minimum atomic E-state index is -0.278. The topological polar surface area (TPSA) is 27.7 Å². The molecule has 3 heteroatoms. The molecule has 0 heterocycles. The number of hydrogen-bond acceptors (Lipinski definition) is 3. The summed E-state index contributed by atoms with van der Waals surface area (Å²) in [4.78, 5) is 0. The maximum absolute atomic E-state index is 5.75. The Bertz CT molecular complexity index is 351. The van der Waals surface area contributed by atoms with E-state index in [9.17, 15) is 0 Å². The van der Waals surface area contributed by atoms with Gasteiger partial charge in [0.25, 0.3) is 0 Å². The SMILES string of the molecule is CCOC(OCC)c1ccc(C(C)(C)OCC)cc1. The van der Waals surface area contributed by atoms with Crippen molar-refractivity contribution in [1.29, 1.82) is 0 Å². The summed E-state index contributed by atoms with van der Waals surface area (Å²) < 4.78 is 16.9. The molecule has 0 aliphatic carbocycles. The van der Waals surface area contributed by atoms with Gasteiger partial charge in [-0.05, 0) is 40.2 Å². The van der Waals surface area contributed by atoms with Gasteiger partial charge < -0.3 is 14.2 Å². The Labute approximate surface area is 116 Å². The van der Waals surface area contributed by atoms with Gasteiger partial charge in [0, 0.05) is 25.4 Å². The van der Waals surface area contributed by atoms with E-state index in [4.69, 9.17) is 14.2 Å². The third-order valence-electron chi connectivity index (χ3n) is 3.02. The van der Waals surface area contributed by atoms with Crippen molar-refractivity contribution < 1.29 is 14.2 Å². The van der Waals surface area contributed by atoms with E-state index in [1.54, 1.807) is 0 Å². The van der Waals surface area contributed by atoms with E-state index >= 15 is 0 Å². The van der Waals surface area contributed by atoms with Crippen LogP contribution in [0.4, 0.5) is 0 Å². The third kappa shape index (κ3) is 4.60. The highest BCUT2D eigenvalue weighted by atomic mass is 16.7. The van der Waals surface area contributed by atoms with E-state index in [1.165, 1.54) is 0 Å². The first-order valence-electron chi connectivity index (χ1n) is 7.02. The average molecular weight is 266 g/mol. The molecular formula is C16H26O3. The quantitative estimate of drug-likeness (QED) is 0.665. The number of ether oxygens (including phenoxy) is 3. The first-order chi connectivity index (χ1) is 9.05. The standard InChI is InChI=1S/C16H26O3/c1-6-17-15(18-7-2)13-9-11-14(12-10-13)16(4,5)19-8-3/h9-12,15H,6-8H2,1-5H3. The molecule has 1 aromatic rings. The molecule has 1 rings (SSSR count). The van der Waals surface area contributed by atoms with Crippen LogP contribution in [0.1, 0.15) is 52.0 Å². The minimum absolute atomic E-state index is 0.264. The second kappa shape index (κ2) is 7.63. The molecule has 0 atom stereocenters. The zero-order valence-corrected chi connectivity index (χ0v) is 12.7. The Hall–Kier alpha value is -0.900. The van der Waals surface area contributed by atoms with Crippen LogP contribution in [0.2, 0.25) is 0 Å². The van der Waals surface area contributed by atoms with E-state index in [2.05, 4.69) is 26.0 Å². The van der Waals surface area contributed by atoms with Crippen molar-refractivity contribution in [3.63, 3.8) is 0 Å². The van der Waals surface area contributed by atoms with Crippen LogP contribution < -0.4 is 0 Å². The predicted molar refractivity (Wildman–Crippen MR) is 77.1 cm³/mol. The highest BCUT2D eigenvalue weighted by Gasteiger charge is 2.21. The van der Waals surface area contributed by atoms with Crippen LogP contribution >= 0.6 is 0 Å². The van der Waals surface area contributed by atoms with E-state index in [0.29, 0.717) is 19.8 Å². The van der Waals surface area contributed by atoms with Crippen LogP contribution in [0, 0.1) is 0 Å². The Morgan fingerprint density at radius 1 is 0.895 bits per heavy atom. The maximum Gasteiger partial charge on any atom is 0.183 e. The van der Waals surface area contributed by atoms with Crippen molar-refractivity contribution in [2.45, 2.75) is 46.5 Å². The normalized spacial score (nSPS) is 12.1. The van der Waals surface area contributed by atoms with Crippen molar-refractivity contribution in [3.8, 4) is 0 Å². The molecule has 0 fully saturated rings. The summed E-state index contributed by atoms with van der Waals surface area (Å²) in [5, 5.41) is 0. The summed E-state index contributed by atoms with van der Waals surface area (Å²) in [5.74, 6) is 0. The Kier molecular flexibility index (Phi) is 6.49. The first kappa shape index (κ1) is 16.2. The van der Waals surface area contributed by atoms with Crippen molar-refractivity contribution in [3.05, 3.63) is 35.4 Å². The smallest absolute Gasteiger partial charge is 0.183 e. The van der Waals surface area contributed by atoms with Gasteiger partial charge in [0.1, 0.15) is 0 Å². The van der Waals surface area contributed by atoms with Gasteiger partial charge in [0.2, 0.25) is 0 Å². The second-order valence-corrected chi connectivity index (χ2v) is 4.81. The van der Waals surface area contributed by atoms with E-state index in [-0.39, 0.29) is 11.9 Å². The number of benzene rings is 1. The van der Waals surface area contributed by atoms with Gasteiger partial charge in [-0.15, -0.1) is 0 Å². The van der Waals surface area contributed by atoms with Gasteiger partial charge in [0.15, 0.2) is 6.29 Å². The molecule has 0 amide bonds. The van der Waals surface area contributed by atoms with Gasteiger partial charge in [-0.25, -0.2) is 0 Å². The molecule has 3 nitrogen and oxygen atoms in total. The first-order valence-corrected chi connectivity index (χ1v) is 7.02. The molecule has 108 valence electrons. The number of rotatable bonds is 8. The molecule has 0 unspecified atom stereocenters. The lowest BCUT2D eigenvalue weighted by atomic mass is 9.97. The summed E-state index contributed by atoms with van der Waals surface area (Å²) in [7, 11) is 0. The van der Waals surface area contributed by atoms with Gasteiger partial charge in [0.05, 0.1) is 5.60 Å². The average Bonchev–Trinajstić information content (AvgIpc) is 2.39. The second-order valence-electron chi connectivity index (χ2n) is 4.81. The molecule has 0 bridgehead atoms. The lowest BCUT2D eigenvalue weighted by Crippen LogP contribution is -2.21. The fourth-order valence-corrected chi connectivity index (χ4v) is 2.03. The lowest BCUT2D eigenvalue weighted by Gasteiger charge is -2.26. The van der Waals surface area contributed by atoms with Crippen LogP contribution in [-0.2, 0) is 19.8 Å². The van der Waals surface area contributed by atoms with Gasteiger partial charge in [-0.3, -0.25) is 0 Å². The molecule has 0 N–H and O–H groups in total. The molecule has 0 saturated carbocycles. The fourth-order valence-electron chi connectivity index (χ4n) is 2.03. The van der Waals surface area contributed by atoms with Crippen LogP contribution in [0.25, 0.3) is 0 Å². The lowest BCUT2D eigenvalue weighted by molar-refractivity contribution is -0.140. The largest absolute Gasteiger partial charge is 0.371 e. The summed E-state index contributed by atoms with van der Waals surface area (Å²) in [5.41, 5.74) is 1.93. The van der Waals surface area contributed by atoms with E-state index < -0.39 is 0 Å². The summed E-state index contributed by atoms with van der Waals surface area (Å²) in [6, 6.07) is 8.25. The van der Waals surface area contributed by atoms with E-state index in [1.807, 2.05) is 32.9 Å². The predicted octanol–water partition coefficient (Wildman–Crippen LogP) is 4.03. The van der Waals surface area contributed by atoms with Crippen molar-refractivity contribution in [2.24, 2.45) is 0 Å².